The molecular weight excluding hydrogens is 434 g/mol. The number of hydrogen-bond donors (Lipinski definition) is 1. The third kappa shape index (κ3) is 3.79. The van der Waals surface area contributed by atoms with Gasteiger partial charge < -0.3 is 10.2 Å². The monoisotopic (exact) mass is 461 g/mol. The second kappa shape index (κ2) is 7.89. The van der Waals surface area contributed by atoms with Crippen LogP contribution in [-0.4, -0.2) is 55.0 Å². The minimum atomic E-state index is -3.34. The Morgan fingerprint density at radius 1 is 1.03 bits per heavy atom. The number of piperidine rings is 1. The molecule has 0 bridgehead atoms. The number of nitrogens with one attached hydrogen (secondary N) is 1. The summed E-state index contributed by atoms with van der Waals surface area (Å²) in [7, 11) is -3.34. The molecule has 1 N–H and O–H groups in total. The van der Waals surface area contributed by atoms with Gasteiger partial charge in [0, 0.05) is 32.2 Å². The van der Waals surface area contributed by atoms with Crippen molar-refractivity contribution in [3.63, 3.8) is 0 Å². The van der Waals surface area contributed by atoms with Crippen molar-refractivity contribution in [1.82, 2.24) is 14.5 Å². The lowest BCUT2D eigenvalue weighted by Gasteiger charge is -2.38. The molecule has 0 radical (unpaired) electrons. The lowest BCUT2D eigenvalue weighted by Crippen LogP contribution is -2.47. The largest absolute Gasteiger partial charge is 0.359 e. The number of likely N-dealkylation sites (tertiary alicyclic amines) is 1. The normalized spacial score (nSPS) is 21.8. The summed E-state index contributed by atoms with van der Waals surface area (Å²) in [6.07, 6.45) is 4.97. The molecule has 0 unspecified atom stereocenters. The van der Waals surface area contributed by atoms with E-state index >= 15 is 0 Å². The van der Waals surface area contributed by atoms with Crippen LogP contribution in [0.4, 0.5) is 0 Å². The van der Waals surface area contributed by atoms with E-state index in [0.29, 0.717) is 23.3 Å². The summed E-state index contributed by atoms with van der Waals surface area (Å²) < 4.78 is 27.7. The van der Waals surface area contributed by atoms with E-state index in [9.17, 15) is 8.42 Å². The highest BCUT2D eigenvalue weighted by molar-refractivity contribution is 7.91. The zero-order valence-corrected chi connectivity index (χ0v) is 19.4. The van der Waals surface area contributed by atoms with Crippen LogP contribution in [0.2, 0.25) is 0 Å². The fourth-order valence-electron chi connectivity index (χ4n) is 5.18. The molecular formula is C22H27N3O2S3. The fraction of sp³-hybridized carbons (Fsp3) is 0.500. The molecule has 3 heterocycles. The number of hydrogen-bond acceptors (Lipinski definition) is 4. The highest BCUT2D eigenvalue weighted by atomic mass is 32.2. The van der Waals surface area contributed by atoms with Gasteiger partial charge in [0.25, 0.3) is 10.0 Å². The Morgan fingerprint density at radius 3 is 2.33 bits per heavy atom. The molecule has 3 aliphatic rings. The van der Waals surface area contributed by atoms with Gasteiger partial charge in [-0.05, 0) is 72.3 Å². The second-order valence-electron chi connectivity index (χ2n) is 8.83. The van der Waals surface area contributed by atoms with Crippen LogP contribution < -0.4 is 5.32 Å². The quantitative estimate of drug-likeness (QED) is 0.711. The minimum absolute atomic E-state index is 0.186. The van der Waals surface area contributed by atoms with Crippen molar-refractivity contribution in [3.8, 4) is 0 Å². The Labute approximate surface area is 188 Å². The molecule has 2 fully saturated rings. The molecule has 30 heavy (non-hydrogen) atoms. The molecule has 2 aliphatic heterocycles. The maximum atomic E-state index is 12.8. The number of thiocarbonyl (C=S) groups is 1. The fourth-order valence-corrected chi connectivity index (χ4v) is 8.09. The molecule has 5 rings (SSSR count). The van der Waals surface area contributed by atoms with Gasteiger partial charge in [-0.25, -0.2) is 8.42 Å². The second-order valence-corrected chi connectivity index (χ2v) is 12.3. The number of sulfonamides is 1. The zero-order chi connectivity index (χ0) is 20.8. The van der Waals surface area contributed by atoms with Crippen LogP contribution >= 0.6 is 23.6 Å². The lowest BCUT2D eigenvalue weighted by molar-refractivity contribution is 0.166. The van der Waals surface area contributed by atoms with Crippen molar-refractivity contribution in [3.05, 3.63) is 52.9 Å². The summed E-state index contributed by atoms with van der Waals surface area (Å²) in [6.45, 7) is 3.10. The van der Waals surface area contributed by atoms with E-state index in [4.69, 9.17) is 12.2 Å². The maximum absolute atomic E-state index is 12.8. The van der Waals surface area contributed by atoms with Crippen LogP contribution in [0.25, 0.3) is 0 Å². The average Bonchev–Trinajstić information content (AvgIpc) is 3.48. The summed E-state index contributed by atoms with van der Waals surface area (Å²) in [4.78, 5) is 2.31. The first-order valence-corrected chi connectivity index (χ1v) is 13.3. The van der Waals surface area contributed by atoms with Gasteiger partial charge >= 0.3 is 0 Å². The van der Waals surface area contributed by atoms with Crippen LogP contribution in [0.1, 0.15) is 30.4 Å². The van der Waals surface area contributed by atoms with Gasteiger partial charge in [-0.3, -0.25) is 0 Å². The van der Waals surface area contributed by atoms with Gasteiger partial charge in [0.1, 0.15) is 4.21 Å². The van der Waals surface area contributed by atoms with Gasteiger partial charge in [-0.15, -0.1) is 11.3 Å². The van der Waals surface area contributed by atoms with E-state index in [1.165, 1.54) is 22.5 Å². The molecule has 0 amide bonds. The molecule has 8 heteroatoms. The van der Waals surface area contributed by atoms with Gasteiger partial charge in [-0.2, -0.15) is 4.31 Å². The SMILES string of the molecule is O=S(=O)(c1cccs1)N1CCC2(CCN(C(=S)NC3Cc4ccccc4C3)C2)CC1. The molecule has 0 saturated carbocycles. The third-order valence-electron chi connectivity index (χ3n) is 6.98. The van der Waals surface area contributed by atoms with Crippen LogP contribution in [-0.2, 0) is 22.9 Å². The van der Waals surface area contributed by atoms with Crippen molar-refractivity contribution in [2.45, 2.75) is 42.4 Å². The predicted molar refractivity (Wildman–Crippen MR) is 124 cm³/mol. The smallest absolute Gasteiger partial charge is 0.252 e. The van der Waals surface area contributed by atoms with Gasteiger partial charge in [0.15, 0.2) is 5.11 Å². The van der Waals surface area contributed by atoms with E-state index in [1.807, 2.05) is 5.38 Å². The van der Waals surface area contributed by atoms with Crippen molar-refractivity contribution < 1.29 is 8.42 Å². The van der Waals surface area contributed by atoms with Gasteiger partial charge in [0.05, 0.1) is 0 Å². The zero-order valence-electron chi connectivity index (χ0n) is 16.9. The summed E-state index contributed by atoms with van der Waals surface area (Å²) in [5.74, 6) is 0. The number of nitrogens with zero attached hydrogens (tertiary/aromatic N) is 2. The predicted octanol–water partition coefficient (Wildman–Crippen LogP) is 3.27. The first-order valence-electron chi connectivity index (χ1n) is 10.6. The van der Waals surface area contributed by atoms with Crippen LogP contribution in [0.3, 0.4) is 0 Å². The topological polar surface area (TPSA) is 52.7 Å². The summed E-state index contributed by atoms with van der Waals surface area (Å²) >= 11 is 7.06. The lowest BCUT2D eigenvalue weighted by atomic mass is 9.78. The molecule has 5 nitrogen and oxygen atoms in total. The Bertz CT molecular complexity index is 1000. The molecule has 1 spiro atoms. The first kappa shape index (κ1) is 20.4. The van der Waals surface area contributed by atoms with E-state index in [0.717, 1.165) is 50.3 Å². The van der Waals surface area contributed by atoms with Crippen molar-refractivity contribution >= 4 is 38.7 Å². The van der Waals surface area contributed by atoms with Gasteiger partial charge in [-0.1, -0.05) is 30.3 Å². The van der Waals surface area contributed by atoms with Crippen LogP contribution in [0.15, 0.2) is 46.0 Å². The average molecular weight is 462 g/mol. The highest BCUT2D eigenvalue weighted by Gasteiger charge is 2.43. The molecule has 160 valence electrons. The first-order chi connectivity index (χ1) is 14.5. The Kier molecular flexibility index (Phi) is 5.37. The number of thiophene rings is 1. The van der Waals surface area contributed by atoms with E-state index in [-0.39, 0.29) is 5.41 Å². The third-order valence-corrected chi connectivity index (χ3v) is 10.6. The van der Waals surface area contributed by atoms with E-state index in [2.05, 4.69) is 34.5 Å². The van der Waals surface area contributed by atoms with Crippen LogP contribution in [0.5, 0.6) is 0 Å². The van der Waals surface area contributed by atoms with E-state index in [1.54, 1.807) is 16.4 Å². The summed E-state index contributed by atoms with van der Waals surface area (Å²) in [5, 5.41) is 6.28. The maximum Gasteiger partial charge on any atom is 0.252 e. The van der Waals surface area contributed by atoms with Crippen LogP contribution in [0, 0.1) is 5.41 Å². The Hall–Kier alpha value is -1.48. The number of benzene rings is 1. The summed E-state index contributed by atoms with van der Waals surface area (Å²) in [5.41, 5.74) is 3.04. The molecule has 2 aromatic rings. The standard InChI is InChI=1S/C22H27N3O2S3/c26-30(27,20-6-3-13-29-20)25-11-8-22(9-12-25)7-10-24(16-22)21(28)23-19-14-17-4-1-2-5-18(17)15-19/h1-6,13,19H,7-12,14-16H2,(H,23,28). The van der Waals surface area contributed by atoms with Crippen molar-refractivity contribution in [2.75, 3.05) is 26.2 Å². The Balaban J connectivity index is 1.16. The molecule has 1 aliphatic carbocycles. The molecule has 0 atom stereocenters. The molecule has 1 aromatic carbocycles. The van der Waals surface area contributed by atoms with E-state index < -0.39 is 10.0 Å². The van der Waals surface area contributed by atoms with Gasteiger partial charge in [0.2, 0.25) is 0 Å². The van der Waals surface area contributed by atoms with Crippen molar-refractivity contribution in [1.29, 1.82) is 0 Å². The summed E-state index contributed by atoms with van der Waals surface area (Å²) in [6, 6.07) is 12.5. The van der Waals surface area contributed by atoms with Crippen molar-refractivity contribution in [2.24, 2.45) is 5.41 Å². The molecule has 1 aromatic heterocycles. The Morgan fingerprint density at radius 2 is 1.70 bits per heavy atom. The minimum Gasteiger partial charge on any atom is -0.359 e. The highest BCUT2D eigenvalue weighted by Crippen LogP contribution is 2.41. The number of fused-ring (bicyclic) bond motifs is 1. The number of rotatable bonds is 3. The molecule has 2 saturated heterocycles.